The fourth-order valence-corrected chi connectivity index (χ4v) is 3.86. The lowest BCUT2D eigenvalue weighted by molar-refractivity contribution is -0.118. The van der Waals surface area contributed by atoms with Gasteiger partial charge in [0.15, 0.2) is 11.2 Å². The van der Waals surface area contributed by atoms with Crippen LogP contribution in [0.3, 0.4) is 0 Å². The Kier molecular flexibility index (Phi) is 4.18. The number of carbonyl (C=O) groups is 1. The summed E-state index contributed by atoms with van der Waals surface area (Å²) in [7, 11) is 1.53. The second-order valence-corrected chi connectivity index (χ2v) is 7.11. The van der Waals surface area contributed by atoms with Crippen molar-refractivity contribution in [2.24, 2.45) is 12.8 Å². The van der Waals surface area contributed by atoms with Crippen molar-refractivity contribution in [3.63, 3.8) is 0 Å². The van der Waals surface area contributed by atoms with Crippen LogP contribution in [-0.2, 0) is 24.8 Å². The molecule has 0 radical (unpaired) electrons. The molecule has 0 bridgehead atoms. The van der Waals surface area contributed by atoms with Gasteiger partial charge in [-0.2, -0.15) is 4.98 Å². The van der Waals surface area contributed by atoms with Gasteiger partial charge in [-0.1, -0.05) is 25.1 Å². The van der Waals surface area contributed by atoms with E-state index in [1.807, 2.05) is 36.6 Å². The molecule has 0 saturated carbocycles. The largest absolute Gasteiger partial charge is 0.368 e. The van der Waals surface area contributed by atoms with Crippen molar-refractivity contribution in [2.45, 2.75) is 33.7 Å². The van der Waals surface area contributed by atoms with E-state index in [0.29, 0.717) is 5.78 Å². The molecule has 0 spiro atoms. The maximum absolute atomic E-state index is 13.1. The molecule has 0 atom stereocenters. The van der Waals surface area contributed by atoms with Gasteiger partial charge in [-0.05, 0) is 31.9 Å². The summed E-state index contributed by atoms with van der Waals surface area (Å²) in [6.07, 6.45) is 0.836. The molecule has 9 nitrogen and oxygen atoms in total. The van der Waals surface area contributed by atoms with E-state index >= 15 is 0 Å². The molecule has 0 fully saturated rings. The number of hydrogen-bond donors (Lipinski definition) is 1. The fraction of sp³-hybridized carbons (Fsp3) is 0.300. The minimum atomic E-state index is -0.758. The minimum Gasteiger partial charge on any atom is -0.368 e. The summed E-state index contributed by atoms with van der Waals surface area (Å²) in [5, 5.41) is 0. The average Bonchev–Trinajstić information content (AvgIpc) is 3.19. The van der Waals surface area contributed by atoms with Crippen molar-refractivity contribution in [1.82, 2.24) is 23.1 Å². The Morgan fingerprint density at radius 1 is 1.14 bits per heavy atom. The topological polar surface area (TPSA) is 109 Å². The van der Waals surface area contributed by atoms with E-state index in [1.54, 1.807) is 4.40 Å². The number of amides is 1. The lowest BCUT2D eigenvalue weighted by atomic mass is 10.1. The Morgan fingerprint density at radius 2 is 1.83 bits per heavy atom. The lowest BCUT2D eigenvalue weighted by Crippen LogP contribution is -2.42. The lowest BCUT2D eigenvalue weighted by Gasteiger charge is -2.11. The maximum atomic E-state index is 13.1. The standard InChI is InChI=1S/C20H22N6O3/c1-5-13-8-6-7-9-14(13)25-11(2)12(3)26-16-17(22-19(25)26)23(4)20(29)24(18(16)28)10-15(21)27/h6-9H,5,10H2,1-4H3,(H2,21,27). The summed E-state index contributed by atoms with van der Waals surface area (Å²) < 4.78 is 5.87. The SMILES string of the molecule is CCc1ccccc1-n1c(C)c(C)n2c3c(=O)n(CC(N)=O)c(=O)n(C)c3nc12. The number of fused-ring (bicyclic) bond motifs is 3. The number of aryl methyl sites for hydroxylation is 3. The van der Waals surface area contributed by atoms with E-state index in [2.05, 4.69) is 18.0 Å². The number of rotatable bonds is 4. The first kappa shape index (κ1) is 18.7. The molecule has 0 saturated heterocycles. The number of para-hydroxylation sites is 1. The Morgan fingerprint density at radius 3 is 2.48 bits per heavy atom. The second-order valence-electron chi connectivity index (χ2n) is 7.11. The zero-order chi connectivity index (χ0) is 21.0. The van der Waals surface area contributed by atoms with E-state index in [1.165, 1.54) is 11.6 Å². The third kappa shape index (κ3) is 2.54. The molecule has 150 valence electrons. The van der Waals surface area contributed by atoms with Crippen LogP contribution in [-0.4, -0.2) is 29.0 Å². The zero-order valence-electron chi connectivity index (χ0n) is 16.8. The predicted octanol–water partition coefficient (Wildman–Crippen LogP) is 0.803. The molecule has 2 N–H and O–H groups in total. The van der Waals surface area contributed by atoms with Crippen molar-refractivity contribution in [3.8, 4) is 5.69 Å². The van der Waals surface area contributed by atoms with Crippen LogP contribution < -0.4 is 17.0 Å². The van der Waals surface area contributed by atoms with Gasteiger partial charge < -0.3 is 5.73 Å². The van der Waals surface area contributed by atoms with E-state index in [4.69, 9.17) is 5.73 Å². The molecule has 4 aromatic rings. The zero-order valence-corrected chi connectivity index (χ0v) is 16.8. The summed E-state index contributed by atoms with van der Waals surface area (Å²) in [5.41, 5.74) is 8.41. The molecule has 9 heteroatoms. The minimum absolute atomic E-state index is 0.247. The molecule has 1 amide bonds. The first-order valence-electron chi connectivity index (χ1n) is 9.34. The Hall–Kier alpha value is -3.62. The van der Waals surface area contributed by atoms with Crippen molar-refractivity contribution < 1.29 is 4.79 Å². The molecular formula is C20H22N6O3. The highest BCUT2D eigenvalue weighted by Gasteiger charge is 2.24. The summed E-state index contributed by atoms with van der Waals surface area (Å²) in [4.78, 5) is 41.8. The van der Waals surface area contributed by atoms with Gasteiger partial charge in [-0.25, -0.2) is 9.36 Å². The van der Waals surface area contributed by atoms with Gasteiger partial charge in [0.05, 0.1) is 5.69 Å². The Balaban J connectivity index is 2.20. The summed E-state index contributed by atoms with van der Waals surface area (Å²) in [6, 6.07) is 8.01. The van der Waals surface area contributed by atoms with Crippen molar-refractivity contribution >= 4 is 22.8 Å². The summed E-state index contributed by atoms with van der Waals surface area (Å²) in [6.45, 7) is 5.46. The number of carbonyl (C=O) groups excluding carboxylic acids is 1. The van der Waals surface area contributed by atoms with E-state index in [-0.39, 0.29) is 11.2 Å². The molecule has 0 aliphatic heterocycles. The van der Waals surface area contributed by atoms with Crippen LogP contribution in [0.25, 0.3) is 22.6 Å². The van der Waals surface area contributed by atoms with Crippen LogP contribution in [0.2, 0.25) is 0 Å². The molecule has 3 heterocycles. The fourth-order valence-electron chi connectivity index (χ4n) is 3.86. The van der Waals surface area contributed by atoms with Crippen molar-refractivity contribution in [2.75, 3.05) is 0 Å². The van der Waals surface area contributed by atoms with Crippen LogP contribution in [0.15, 0.2) is 33.9 Å². The highest BCUT2D eigenvalue weighted by molar-refractivity contribution is 5.78. The van der Waals surface area contributed by atoms with Crippen LogP contribution >= 0.6 is 0 Å². The molecule has 0 aliphatic rings. The monoisotopic (exact) mass is 394 g/mol. The van der Waals surface area contributed by atoms with Gasteiger partial charge in [0, 0.05) is 18.4 Å². The van der Waals surface area contributed by atoms with Crippen LogP contribution in [0.4, 0.5) is 0 Å². The smallest absolute Gasteiger partial charge is 0.332 e. The average molecular weight is 394 g/mol. The van der Waals surface area contributed by atoms with Crippen LogP contribution in [0, 0.1) is 13.8 Å². The summed E-state index contributed by atoms with van der Waals surface area (Å²) >= 11 is 0. The second kappa shape index (κ2) is 6.47. The van der Waals surface area contributed by atoms with Crippen LogP contribution in [0.5, 0.6) is 0 Å². The van der Waals surface area contributed by atoms with Gasteiger partial charge in [0.2, 0.25) is 11.7 Å². The quantitative estimate of drug-likeness (QED) is 0.552. The van der Waals surface area contributed by atoms with E-state index in [9.17, 15) is 14.4 Å². The Labute approximate surface area is 165 Å². The Bertz CT molecular complexity index is 1420. The molecular weight excluding hydrogens is 372 g/mol. The molecule has 4 rings (SSSR count). The number of aromatic nitrogens is 5. The number of nitrogens with two attached hydrogens (primary N) is 1. The third-order valence-corrected chi connectivity index (χ3v) is 5.45. The molecule has 0 unspecified atom stereocenters. The molecule has 3 aromatic heterocycles. The third-order valence-electron chi connectivity index (χ3n) is 5.45. The number of hydrogen-bond acceptors (Lipinski definition) is 4. The van der Waals surface area contributed by atoms with E-state index < -0.39 is 23.7 Å². The van der Waals surface area contributed by atoms with E-state index in [0.717, 1.165) is 33.6 Å². The first-order chi connectivity index (χ1) is 13.8. The molecule has 29 heavy (non-hydrogen) atoms. The molecule has 0 aliphatic carbocycles. The number of benzene rings is 1. The van der Waals surface area contributed by atoms with Crippen LogP contribution in [0.1, 0.15) is 23.9 Å². The number of nitrogens with zero attached hydrogens (tertiary/aromatic N) is 5. The van der Waals surface area contributed by atoms with Crippen molar-refractivity contribution in [1.29, 1.82) is 0 Å². The first-order valence-corrected chi connectivity index (χ1v) is 9.34. The summed E-state index contributed by atoms with van der Waals surface area (Å²) in [5.74, 6) is -0.216. The van der Waals surface area contributed by atoms with Gasteiger partial charge in [0.1, 0.15) is 6.54 Å². The highest BCUT2D eigenvalue weighted by Crippen LogP contribution is 2.26. The van der Waals surface area contributed by atoms with Gasteiger partial charge in [0.25, 0.3) is 5.56 Å². The predicted molar refractivity (Wildman–Crippen MR) is 110 cm³/mol. The number of primary amides is 1. The van der Waals surface area contributed by atoms with Gasteiger partial charge in [-0.3, -0.25) is 23.1 Å². The normalized spacial score (nSPS) is 11.6. The molecule has 1 aromatic carbocycles. The van der Waals surface area contributed by atoms with Gasteiger partial charge in [-0.15, -0.1) is 0 Å². The van der Waals surface area contributed by atoms with Crippen molar-refractivity contribution in [3.05, 3.63) is 62.1 Å². The highest BCUT2D eigenvalue weighted by atomic mass is 16.2. The maximum Gasteiger partial charge on any atom is 0.332 e. The number of imidazole rings is 2. The van der Waals surface area contributed by atoms with Gasteiger partial charge >= 0.3 is 5.69 Å².